The van der Waals surface area contributed by atoms with Gasteiger partial charge in [0.05, 0.1) is 12.6 Å². The van der Waals surface area contributed by atoms with E-state index in [-0.39, 0.29) is 5.91 Å². The van der Waals surface area contributed by atoms with Gasteiger partial charge in [-0.05, 0) is 42.3 Å². The molecule has 0 saturated heterocycles. The quantitative estimate of drug-likeness (QED) is 0.891. The summed E-state index contributed by atoms with van der Waals surface area (Å²) in [5.74, 6) is 0.0127. The minimum Gasteiger partial charge on any atom is -0.339 e. The number of carbonyl (C=O) groups excluding carboxylic acids is 1. The van der Waals surface area contributed by atoms with Crippen LogP contribution in [-0.2, 0) is 17.8 Å². The summed E-state index contributed by atoms with van der Waals surface area (Å²) < 4.78 is 0. The maximum absolute atomic E-state index is 12.3. The smallest absolute Gasteiger partial charge is 0.239 e. The molecule has 4 heteroatoms. The second-order valence-corrected chi connectivity index (χ2v) is 6.35. The van der Waals surface area contributed by atoms with Crippen LogP contribution in [0.1, 0.15) is 22.4 Å². The van der Waals surface area contributed by atoms with Gasteiger partial charge in [0.25, 0.3) is 0 Å². The number of benzene rings is 1. The minimum atomic E-state index is -0.435. The molecular formula is C17H22N2OS. The first kappa shape index (κ1) is 15.7. The number of hydrogen-bond donors (Lipinski definition) is 1. The molecule has 2 rings (SSSR count). The van der Waals surface area contributed by atoms with Gasteiger partial charge in [0, 0.05) is 11.9 Å². The fourth-order valence-corrected chi connectivity index (χ4v) is 3.19. The molecule has 0 radical (unpaired) electrons. The van der Waals surface area contributed by atoms with Crippen molar-refractivity contribution >= 4 is 17.2 Å². The summed E-state index contributed by atoms with van der Waals surface area (Å²) in [6.07, 6.45) is 1.51. The molecule has 1 aromatic carbocycles. The van der Waals surface area contributed by atoms with Crippen LogP contribution in [0.5, 0.6) is 0 Å². The van der Waals surface area contributed by atoms with Gasteiger partial charge in [-0.25, -0.2) is 0 Å². The van der Waals surface area contributed by atoms with Crippen molar-refractivity contribution < 1.29 is 4.79 Å². The number of aryl methyl sites for hydroxylation is 2. The first-order valence-electron chi connectivity index (χ1n) is 7.15. The summed E-state index contributed by atoms with van der Waals surface area (Å²) in [4.78, 5) is 15.3. The summed E-state index contributed by atoms with van der Waals surface area (Å²) in [6, 6.07) is 11.8. The standard InChI is InChI=1S/C17H22N2OS/c1-13-10-11-21-16(13)12-19(2)17(20)15(18)9-8-14-6-4-3-5-7-14/h3-7,10-11,15H,8-9,12,18H2,1-2H3. The highest BCUT2D eigenvalue weighted by Gasteiger charge is 2.18. The molecular weight excluding hydrogens is 280 g/mol. The van der Waals surface area contributed by atoms with Crippen LogP contribution < -0.4 is 5.73 Å². The van der Waals surface area contributed by atoms with Crippen molar-refractivity contribution in [2.45, 2.75) is 32.4 Å². The third-order valence-electron chi connectivity index (χ3n) is 3.63. The van der Waals surface area contributed by atoms with Gasteiger partial charge in [0.15, 0.2) is 0 Å². The Morgan fingerprint density at radius 3 is 2.62 bits per heavy atom. The molecule has 0 aliphatic carbocycles. The lowest BCUT2D eigenvalue weighted by molar-refractivity contribution is -0.131. The molecule has 21 heavy (non-hydrogen) atoms. The van der Waals surface area contributed by atoms with E-state index in [1.54, 1.807) is 16.2 Å². The van der Waals surface area contributed by atoms with Crippen LogP contribution in [0.2, 0.25) is 0 Å². The molecule has 1 atom stereocenters. The number of hydrogen-bond acceptors (Lipinski definition) is 3. The fraction of sp³-hybridized carbons (Fsp3) is 0.353. The Kier molecular flexibility index (Phi) is 5.53. The van der Waals surface area contributed by atoms with Crippen molar-refractivity contribution in [3.63, 3.8) is 0 Å². The number of carbonyl (C=O) groups is 1. The number of likely N-dealkylation sites (N-methyl/N-ethyl adjacent to an activating group) is 1. The highest BCUT2D eigenvalue weighted by molar-refractivity contribution is 7.10. The van der Waals surface area contributed by atoms with Gasteiger partial charge in [-0.15, -0.1) is 11.3 Å². The molecule has 1 amide bonds. The lowest BCUT2D eigenvalue weighted by Crippen LogP contribution is -2.41. The third kappa shape index (κ3) is 4.41. The topological polar surface area (TPSA) is 46.3 Å². The Bertz CT molecular complexity index is 579. The van der Waals surface area contributed by atoms with Crippen LogP contribution in [-0.4, -0.2) is 23.9 Å². The Balaban J connectivity index is 1.85. The lowest BCUT2D eigenvalue weighted by Gasteiger charge is -2.21. The summed E-state index contributed by atoms with van der Waals surface area (Å²) >= 11 is 1.68. The van der Waals surface area contributed by atoms with Crippen LogP contribution in [0.4, 0.5) is 0 Å². The average Bonchev–Trinajstić information content (AvgIpc) is 2.90. The Labute approximate surface area is 130 Å². The van der Waals surface area contributed by atoms with E-state index in [0.717, 1.165) is 6.42 Å². The van der Waals surface area contributed by atoms with Gasteiger partial charge in [0.2, 0.25) is 5.91 Å². The molecule has 3 nitrogen and oxygen atoms in total. The van der Waals surface area contributed by atoms with Crippen molar-refractivity contribution in [3.8, 4) is 0 Å². The molecule has 2 N–H and O–H groups in total. The van der Waals surface area contributed by atoms with Crippen molar-refractivity contribution in [1.29, 1.82) is 0 Å². The van der Waals surface area contributed by atoms with Crippen LogP contribution >= 0.6 is 11.3 Å². The number of nitrogens with two attached hydrogens (primary N) is 1. The summed E-state index contributed by atoms with van der Waals surface area (Å²) in [5, 5.41) is 2.05. The molecule has 112 valence electrons. The summed E-state index contributed by atoms with van der Waals surface area (Å²) in [7, 11) is 1.82. The number of nitrogens with zero attached hydrogens (tertiary/aromatic N) is 1. The van der Waals surface area contributed by atoms with E-state index >= 15 is 0 Å². The van der Waals surface area contributed by atoms with E-state index in [4.69, 9.17) is 5.73 Å². The number of rotatable bonds is 6. The zero-order valence-corrected chi connectivity index (χ0v) is 13.4. The molecule has 1 heterocycles. The molecule has 0 bridgehead atoms. The molecule has 0 fully saturated rings. The predicted octanol–water partition coefficient (Wildman–Crippen LogP) is 2.98. The highest BCUT2D eigenvalue weighted by atomic mass is 32.1. The van der Waals surface area contributed by atoms with E-state index in [2.05, 4.69) is 30.5 Å². The largest absolute Gasteiger partial charge is 0.339 e. The zero-order valence-electron chi connectivity index (χ0n) is 12.6. The second-order valence-electron chi connectivity index (χ2n) is 5.35. The van der Waals surface area contributed by atoms with Crippen LogP contribution in [0.15, 0.2) is 41.8 Å². The normalized spacial score (nSPS) is 12.1. The van der Waals surface area contributed by atoms with Crippen molar-refractivity contribution in [2.75, 3.05) is 7.05 Å². The molecule has 1 unspecified atom stereocenters. The van der Waals surface area contributed by atoms with Gasteiger partial charge in [-0.3, -0.25) is 4.79 Å². The molecule has 0 saturated carbocycles. The molecule has 2 aromatic rings. The summed E-state index contributed by atoms with van der Waals surface area (Å²) in [5.41, 5.74) is 8.50. The molecule has 1 aromatic heterocycles. The van der Waals surface area contributed by atoms with Crippen molar-refractivity contribution in [3.05, 3.63) is 57.8 Å². The van der Waals surface area contributed by atoms with E-state index in [1.807, 2.05) is 25.2 Å². The van der Waals surface area contributed by atoms with Gasteiger partial charge in [-0.2, -0.15) is 0 Å². The minimum absolute atomic E-state index is 0.0127. The van der Waals surface area contributed by atoms with Crippen molar-refractivity contribution in [2.24, 2.45) is 5.73 Å². The summed E-state index contributed by atoms with van der Waals surface area (Å²) in [6.45, 7) is 2.71. The Hall–Kier alpha value is -1.65. The molecule has 0 aliphatic heterocycles. The Morgan fingerprint density at radius 2 is 2.00 bits per heavy atom. The van der Waals surface area contributed by atoms with Gasteiger partial charge >= 0.3 is 0 Å². The fourth-order valence-electron chi connectivity index (χ4n) is 2.23. The van der Waals surface area contributed by atoms with Gasteiger partial charge in [0.1, 0.15) is 0 Å². The SMILES string of the molecule is Cc1ccsc1CN(C)C(=O)C(N)CCc1ccccc1. The second kappa shape index (κ2) is 7.38. The highest BCUT2D eigenvalue weighted by Crippen LogP contribution is 2.17. The monoisotopic (exact) mass is 302 g/mol. The van der Waals surface area contributed by atoms with E-state index in [9.17, 15) is 4.79 Å². The average molecular weight is 302 g/mol. The maximum Gasteiger partial charge on any atom is 0.239 e. The Morgan fingerprint density at radius 1 is 1.29 bits per heavy atom. The first-order chi connectivity index (χ1) is 10.1. The predicted molar refractivity (Wildman–Crippen MR) is 88.3 cm³/mol. The number of amides is 1. The van der Waals surface area contributed by atoms with Crippen LogP contribution in [0, 0.1) is 6.92 Å². The first-order valence-corrected chi connectivity index (χ1v) is 8.03. The maximum atomic E-state index is 12.3. The van der Waals surface area contributed by atoms with Gasteiger partial charge < -0.3 is 10.6 Å². The van der Waals surface area contributed by atoms with E-state index in [0.29, 0.717) is 13.0 Å². The lowest BCUT2D eigenvalue weighted by atomic mass is 10.0. The van der Waals surface area contributed by atoms with Crippen molar-refractivity contribution in [1.82, 2.24) is 4.90 Å². The van der Waals surface area contributed by atoms with Crippen LogP contribution in [0.25, 0.3) is 0 Å². The number of thiophene rings is 1. The van der Waals surface area contributed by atoms with E-state index < -0.39 is 6.04 Å². The van der Waals surface area contributed by atoms with Gasteiger partial charge in [-0.1, -0.05) is 30.3 Å². The third-order valence-corrected chi connectivity index (χ3v) is 4.64. The molecule has 0 aliphatic rings. The van der Waals surface area contributed by atoms with E-state index in [1.165, 1.54) is 16.0 Å². The molecule has 0 spiro atoms. The zero-order chi connectivity index (χ0) is 15.2. The van der Waals surface area contributed by atoms with Crippen LogP contribution in [0.3, 0.4) is 0 Å².